The number of likely N-dealkylation sites (tertiary alicyclic amines) is 1. The largest absolute Gasteiger partial charge is 0.481 e. The Labute approximate surface area is 142 Å². The average Bonchev–Trinajstić information content (AvgIpc) is 2.81. The first-order chi connectivity index (χ1) is 11.4. The molecule has 1 amide bonds. The lowest BCUT2D eigenvalue weighted by molar-refractivity contribution is -0.152. The lowest BCUT2D eigenvalue weighted by Crippen LogP contribution is -2.46. The molecule has 1 aliphatic heterocycles. The molecule has 1 aromatic heterocycles. The highest BCUT2D eigenvalue weighted by Gasteiger charge is 2.43. The van der Waals surface area contributed by atoms with Gasteiger partial charge in [-0.3, -0.25) is 9.59 Å². The van der Waals surface area contributed by atoms with E-state index >= 15 is 0 Å². The number of piperidine rings is 1. The zero-order valence-corrected chi connectivity index (χ0v) is 14.9. The summed E-state index contributed by atoms with van der Waals surface area (Å²) in [5.74, 6) is -0.975. The van der Waals surface area contributed by atoms with E-state index in [9.17, 15) is 14.7 Å². The van der Waals surface area contributed by atoms with E-state index in [4.69, 9.17) is 4.74 Å². The number of carbonyl (C=O) groups excluding carboxylic acids is 1. The van der Waals surface area contributed by atoms with Crippen LogP contribution in [0.2, 0.25) is 0 Å². The summed E-state index contributed by atoms with van der Waals surface area (Å²) in [6, 6.07) is -0.524. The van der Waals surface area contributed by atoms with Crippen molar-refractivity contribution in [2.24, 2.45) is 13.0 Å². The van der Waals surface area contributed by atoms with E-state index in [1.54, 1.807) is 23.7 Å². The van der Waals surface area contributed by atoms with Crippen molar-refractivity contribution in [2.75, 3.05) is 13.7 Å². The Hall–Kier alpha value is -2.05. The number of nitrogens with zero attached hydrogens (tertiary/aromatic N) is 3. The first kappa shape index (κ1) is 18.3. The topological polar surface area (TPSA) is 84.7 Å². The summed E-state index contributed by atoms with van der Waals surface area (Å²) in [5.41, 5.74) is 1.43. The fourth-order valence-corrected chi connectivity index (χ4v) is 3.60. The van der Waals surface area contributed by atoms with Crippen molar-refractivity contribution >= 4 is 11.9 Å². The molecule has 7 nitrogen and oxygen atoms in total. The third-order valence-corrected chi connectivity index (χ3v) is 4.73. The molecule has 2 atom stereocenters. The molecule has 0 saturated carbocycles. The molecular weight excluding hydrogens is 310 g/mol. The quantitative estimate of drug-likeness (QED) is 0.772. The van der Waals surface area contributed by atoms with Crippen LogP contribution in [0, 0.1) is 12.8 Å². The molecule has 1 aliphatic rings. The zero-order valence-electron chi connectivity index (χ0n) is 14.9. The Kier molecular flexibility index (Phi) is 5.85. The second-order valence-corrected chi connectivity index (χ2v) is 6.35. The lowest BCUT2D eigenvalue weighted by Gasteiger charge is -2.39. The van der Waals surface area contributed by atoms with Gasteiger partial charge < -0.3 is 14.7 Å². The molecule has 2 unspecified atom stereocenters. The molecule has 1 saturated heterocycles. The number of ether oxygens (including phenoxy) is 1. The maximum absolute atomic E-state index is 12.5. The predicted octanol–water partition coefficient (Wildman–Crippen LogP) is 2.29. The maximum Gasteiger partial charge on any atom is 0.308 e. The summed E-state index contributed by atoms with van der Waals surface area (Å²) in [6.45, 7) is 4.50. The van der Waals surface area contributed by atoms with Gasteiger partial charge in [-0.05, 0) is 19.8 Å². The van der Waals surface area contributed by atoms with Crippen molar-refractivity contribution in [2.45, 2.75) is 52.0 Å². The molecule has 0 bridgehead atoms. The fraction of sp³-hybridized carbons (Fsp3) is 0.706. The number of hydrogen-bond acceptors (Lipinski definition) is 4. The highest BCUT2D eigenvalue weighted by molar-refractivity contribution is 5.82. The van der Waals surface area contributed by atoms with Gasteiger partial charge in [0.05, 0.1) is 30.3 Å². The molecule has 134 valence electrons. The molecule has 24 heavy (non-hydrogen) atoms. The van der Waals surface area contributed by atoms with Crippen molar-refractivity contribution in [1.82, 2.24) is 14.7 Å². The van der Waals surface area contributed by atoms with Gasteiger partial charge in [0.1, 0.15) is 0 Å². The molecule has 7 heteroatoms. The first-order valence-electron chi connectivity index (χ1n) is 8.52. The summed E-state index contributed by atoms with van der Waals surface area (Å²) < 4.78 is 7.06. The van der Waals surface area contributed by atoms with Crippen LogP contribution in [0.1, 0.15) is 56.3 Å². The Morgan fingerprint density at radius 3 is 2.71 bits per heavy atom. The number of rotatable bonds is 7. The molecule has 1 fully saturated rings. The average molecular weight is 337 g/mol. The second-order valence-electron chi connectivity index (χ2n) is 6.35. The summed E-state index contributed by atoms with van der Waals surface area (Å²) >= 11 is 0. The highest BCUT2D eigenvalue weighted by atomic mass is 16.5. The monoisotopic (exact) mass is 337 g/mol. The molecule has 1 N–H and O–H groups in total. The summed E-state index contributed by atoms with van der Waals surface area (Å²) in [4.78, 5) is 26.1. The van der Waals surface area contributed by atoms with Crippen molar-refractivity contribution in [1.29, 1.82) is 0 Å². The smallest absolute Gasteiger partial charge is 0.308 e. The van der Waals surface area contributed by atoms with Gasteiger partial charge in [0.2, 0.25) is 11.8 Å². The minimum absolute atomic E-state index is 0.0129. The van der Waals surface area contributed by atoms with Gasteiger partial charge in [-0.1, -0.05) is 19.8 Å². The fourth-order valence-electron chi connectivity index (χ4n) is 3.60. The van der Waals surface area contributed by atoms with Gasteiger partial charge in [0, 0.05) is 20.0 Å². The van der Waals surface area contributed by atoms with Crippen LogP contribution in [0.5, 0.6) is 5.88 Å². The molecule has 0 radical (unpaired) electrons. The normalized spacial score (nSPS) is 21.2. The van der Waals surface area contributed by atoms with Gasteiger partial charge >= 0.3 is 5.97 Å². The van der Waals surface area contributed by atoms with E-state index in [2.05, 4.69) is 12.0 Å². The van der Waals surface area contributed by atoms with Crippen molar-refractivity contribution in [3.63, 3.8) is 0 Å². The van der Waals surface area contributed by atoms with Crippen LogP contribution in [0.15, 0.2) is 0 Å². The number of aryl methyl sites for hydroxylation is 2. The summed E-state index contributed by atoms with van der Waals surface area (Å²) in [7, 11) is 3.30. The molecule has 0 spiro atoms. The van der Waals surface area contributed by atoms with Crippen LogP contribution >= 0.6 is 0 Å². The lowest BCUT2D eigenvalue weighted by atomic mass is 9.84. The highest BCUT2D eigenvalue weighted by Crippen LogP contribution is 2.42. The number of unbranched alkanes of at least 4 members (excludes halogenated alkanes) is 2. The second kappa shape index (κ2) is 7.68. The number of carbonyl (C=O) groups is 2. The molecule has 0 aliphatic carbocycles. The molecule has 0 aromatic carbocycles. The van der Waals surface area contributed by atoms with Gasteiger partial charge in [-0.15, -0.1) is 0 Å². The molecule has 1 aromatic rings. The number of carboxylic acids is 1. The first-order valence-corrected chi connectivity index (χ1v) is 8.52. The Morgan fingerprint density at radius 2 is 2.12 bits per heavy atom. The van der Waals surface area contributed by atoms with Crippen LogP contribution in [-0.2, 0) is 16.6 Å². The van der Waals surface area contributed by atoms with E-state index in [0.717, 1.165) is 24.8 Å². The van der Waals surface area contributed by atoms with E-state index < -0.39 is 17.9 Å². The standard InChI is InChI=1S/C17H27N3O4/c1-5-6-7-10-20-13(21)9-8-12(17(22)23)15(20)14-11(2)18-19(3)16(14)24-4/h12,15H,5-10H2,1-4H3,(H,22,23). The van der Waals surface area contributed by atoms with E-state index in [1.165, 1.54) is 0 Å². The van der Waals surface area contributed by atoms with Crippen LogP contribution in [-0.4, -0.2) is 45.3 Å². The summed E-state index contributed by atoms with van der Waals surface area (Å²) in [6.07, 6.45) is 3.55. The minimum atomic E-state index is -0.877. The third kappa shape index (κ3) is 3.39. The van der Waals surface area contributed by atoms with E-state index in [-0.39, 0.29) is 12.3 Å². The van der Waals surface area contributed by atoms with Crippen LogP contribution in [0.4, 0.5) is 0 Å². The van der Waals surface area contributed by atoms with Crippen molar-refractivity contribution in [3.8, 4) is 5.88 Å². The van der Waals surface area contributed by atoms with Gasteiger partial charge in [-0.25, -0.2) is 4.68 Å². The number of methoxy groups -OCH3 is 1. The van der Waals surface area contributed by atoms with Crippen LogP contribution in [0.3, 0.4) is 0 Å². The van der Waals surface area contributed by atoms with E-state index in [0.29, 0.717) is 24.5 Å². The predicted molar refractivity (Wildman–Crippen MR) is 88.8 cm³/mol. The third-order valence-electron chi connectivity index (χ3n) is 4.73. The Morgan fingerprint density at radius 1 is 1.42 bits per heavy atom. The van der Waals surface area contributed by atoms with Crippen molar-refractivity contribution < 1.29 is 19.4 Å². The number of aromatic nitrogens is 2. The van der Waals surface area contributed by atoms with Crippen LogP contribution < -0.4 is 4.74 Å². The number of hydrogen-bond donors (Lipinski definition) is 1. The van der Waals surface area contributed by atoms with Crippen molar-refractivity contribution in [3.05, 3.63) is 11.3 Å². The summed E-state index contributed by atoms with van der Waals surface area (Å²) in [5, 5.41) is 14.1. The Balaban J connectivity index is 2.47. The van der Waals surface area contributed by atoms with Gasteiger partial charge in [0.25, 0.3) is 0 Å². The molecule has 2 rings (SSSR count). The van der Waals surface area contributed by atoms with Gasteiger partial charge in [-0.2, -0.15) is 5.10 Å². The van der Waals surface area contributed by atoms with Gasteiger partial charge in [0.15, 0.2) is 0 Å². The zero-order chi connectivity index (χ0) is 17.9. The Bertz CT molecular complexity index is 611. The molecule has 2 heterocycles. The maximum atomic E-state index is 12.5. The SMILES string of the molecule is CCCCCN1C(=O)CCC(C(=O)O)C1c1c(C)nn(C)c1OC. The minimum Gasteiger partial charge on any atom is -0.481 e. The van der Waals surface area contributed by atoms with E-state index in [1.807, 2.05) is 6.92 Å². The van der Waals surface area contributed by atoms with Crippen LogP contribution in [0.25, 0.3) is 0 Å². The molecular formula is C17H27N3O4. The number of carboxylic acid groups (broad SMARTS) is 1. The number of aliphatic carboxylic acids is 1. The number of amides is 1.